The van der Waals surface area contributed by atoms with Crippen LogP contribution in [0, 0.1) is 0 Å². The molecule has 0 bridgehead atoms. The number of hydrogen-bond acceptors (Lipinski definition) is 3. The lowest BCUT2D eigenvalue weighted by molar-refractivity contribution is 0.253. The molecule has 1 aromatic heterocycles. The number of nitrogens with zero attached hydrogens (tertiary/aromatic N) is 3. The lowest BCUT2D eigenvalue weighted by atomic mass is 9.94. The Morgan fingerprint density at radius 3 is 2.57 bits per heavy atom. The molecular formula is C10H14ClN3. The highest BCUT2D eigenvalue weighted by molar-refractivity contribution is 6.29. The number of aromatic nitrogens is 2. The summed E-state index contributed by atoms with van der Waals surface area (Å²) in [5, 5.41) is 8.48. The monoisotopic (exact) mass is 211 g/mol. The molecular weight excluding hydrogens is 198 g/mol. The van der Waals surface area contributed by atoms with Crippen molar-refractivity contribution < 1.29 is 0 Å². The van der Waals surface area contributed by atoms with Gasteiger partial charge in [0.1, 0.15) is 0 Å². The Morgan fingerprint density at radius 1 is 1.29 bits per heavy atom. The first-order valence-corrected chi connectivity index (χ1v) is 5.31. The summed E-state index contributed by atoms with van der Waals surface area (Å²) >= 11 is 5.69. The average Bonchev–Trinajstić information content (AvgIpc) is 2.21. The molecule has 0 N–H and O–H groups in total. The Balaban J connectivity index is 2.05. The fraction of sp³-hybridized carbons (Fsp3) is 0.600. The Kier molecular flexibility index (Phi) is 2.99. The molecule has 2 heterocycles. The molecule has 0 saturated carbocycles. The standard InChI is InChI=1S/C10H14ClN3/c1-14-6-4-8(5-7-14)9-2-3-10(11)13-12-9/h2-3,8H,4-7H2,1H3. The van der Waals surface area contributed by atoms with Gasteiger partial charge in [0.2, 0.25) is 0 Å². The Bertz CT molecular complexity index is 291. The summed E-state index contributed by atoms with van der Waals surface area (Å²) in [7, 11) is 2.16. The molecule has 0 unspecified atom stereocenters. The third kappa shape index (κ3) is 2.22. The van der Waals surface area contributed by atoms with Gasteiger partial charge in [0.25, 0.3) is 0 Å². The summed E-state index contributed by atoms with van der Waals surface area (Å²) in [5.74, 6) is 0.566. The van der Waals surface area contributed by atoms with Crippen LogP contribution < -0.4 is 0 Å². The molecule has 0 amide bonds. The van der Waals surface area contributed by atoms with Gasteiger partial charge in [0, 0.05) is 5.92 Å². The van der Waals surface area contributed by atoms with Crippen molar-refractivity contribution in [3.63, 3.8) is 0 Å². The van der Waals surface area contributed by atoms with Crippen LogP contribution >= 0.6 is 11.6 Å². The van der Waals surface area contributed by atoms with Crippen LogP contribution in [-0.2, 0) is 0 Å². The fourth-order valence-corrected chi connectivity index (χ4v) is 1.95. The molecule has 0 spiro atoms. The van der Waals surface area contributed by atoms with Crippen LogP contribution in [0.15, 0.2) is 12.1 Å². The highest BCUT2D eigenvalue weighted by atomic mass is 35.5. The Hall–Kier alpha value is -0.670. The summed E-state index contributed by atoms with van der Waals surface area (Å²) < 4.78 is 0. The first kappa shape index (κ1) is 9.87. The van der Waals surface area contributed by atoms with Crippen LogP contribution in [0.2, 0.25) is 5.15 Å². The van der Waals surface area contributed by atoms with Crippen molar-refractivity contribution in [1.82, 2.24) is 15.1 Å². The third-order valence-electron chi connectivity index (χ3n) is 2.79. The van der Waals surface area contributed by atoms with Gasteiger partial charge >= 0.3 is 0 Å². The maximum absolute atomic E-state index is 5.69. The van der Waals surface area contributed by atoms with Crippen molar-refractivity contribution in [2.24, 2.45) is 0 Å². The van der Waals surface area contributed by atoms with E-state index in [1.165, 1.54) is 12.8 Å². The van der Waals surface area contributed by atoms with E-state index in [1.807, 2.05) is 12.1 Å². The van der Waals surface area contributed by atoms with Crippen molar-refractivity contribution in [2.75, 3.05) is 20.1 Å². The zero-order chi connectivity index (χ0) is 9.97. The molecule has 1 aliphatic heterocycles. The van der Waals surface area contributed by atoms with Gasteiger partial charge in [-0.15, -0.1) is 5.10 Å². The first-order chi connectivity index (χ1) is 6.75. The topological polar surface area (TPSA) is 29.0 Å². The van der Waals surface area contributed by atoms with E-state index in [9.17, 15) is 0 Å². The van der Waals surface area contributed by atoms with E-state index in [0.717, 1.165) is 18.8 Å². The van der Waals surface area contributed by atoms with Crippen molar-refractivity contribution in [3.05, 3.63) is 23.0 Å². The van der Waals surface area contributed by atoms with Crippen LogP contribution in [0.3, 0.4) is 0 Å². The van der Waals surface area contributed by atoms with E-state index in [4.69, 9.17) is 11.6 Å². The van der Waals surface area contributed by atoms with E-state index >= 15 is 0 Å². The van der Waals surface area contributed by atoms with E-state index in [0.29, 0.717) is 11.1 Å². The minimum absolute atomic E-state index is 0.474. The predicted octanol–water partition coefficient (Wildman–Crippen LogP) is 1.94. The quantitative estimate of drug-likeness (QED) is 0.711. The van der Waals surface area contributed by atoms with Crippen LogP contribution in [0.4, 0.5) is 0 Å². The van der Waals surface area contributed by atoms with Gasteiger partial charge in [-0.1, -0.05) is 11.6 Å². The first-order valence-electron chi connectivity index (χ1n) is 4.93. The maximum Gasteiger partial charge on any atom is 0.151 e. The van der Waals surface area contributed by atoms with E-state index in [1.54, 1.807) is 0 Å². The van der Waals surface area contributed by atoms with E-state index in [2.05, 4.69) is 22.1 Å². The predicted molar refractivity (Wildman–Crippen MR) is 56.5 cm³/mol. The van der Waals surface area contributed by atoms with Crippen LogP contribution in [0.25, 0.3) is 0 Å². The molecule has 1 saturated heterocycles. The average molecular weight is 212 g/mol. The molecule has 0 aliphatic carbocycles. The highest BCUT2D eigenvalue weighted by Crippen LogP contribution is 2.25. The summed E-state index contributed by atoms with van der Waals surface area (Å²) in [6.07, 6.45) is 2.35. The minimum Gasteiger partial charge on any atom is -0.306 e. The summed E-state index contributed by atoms with van der Waals surface area (Å²) in [5.41, 5.74) is 1.09. The molecule has 76 valence electrons. The van der Waals surface area contributed by atoms with Gasteiger partial charge < -0.3 is 4.90 Å². The lowest BCUT2D eigenvalue weighted by Gasteiger charge is -2.28. The van der Waals surface area contributed by atoms with Crippen LogP contribution in [0.1, 0.15) is 24.5 Å². The molecule has 14 heavy (non-hydrogen) atoms. The Morgan fingerprint density at radius 2 is 2.00 bits per heavy atom. The molecule has 1 fully saturated rings. The van der Waals surface area contributed by atoms with Gasteiger partial charge in [-0.25, -0.2) is 0 Å². The lowest BCUT2D eigenvalue weighted by Crippen LogP contribution is -2.29. The smallest absolute Gasteiger partial charge is 0.151 e. The molecule has 3 nitrogen and oxygen atoms in total. The van der Waals surface area contributed by atoms with E-state index in [-0.39, 0.29) is 0 Å². The number of halogens is 1. The van der Waals surface area contributed by atoms with Gasteiger partial charge in [-0.2, -0.15) is 5.10 Å². The van der Waals surface area contributed by atoms with Gasteiger partial charge in [-0.3, -0.25) is 0 Å². The zero-order valence-corrected chi connectivity index (χ0v) is 9.04. The van der Waals surface area contributed by atoms with Gasteiger partial charge in [0.05, 0.1) is 5.69 Å². The van der Waals surface area contributed by atoms with Gasteiger partial charge in [0.15, 0.2) is 5.15 Å². The highest BCUT2D eigenvalue weighted by Gasteiger charge is 2.19. The normalized spacial score (nSPS) is 19.9. The van der Waals surface area contributed by atoms with Crippen LogP contribution in [0.5, 0.6) is 0 Å². The molecule has 1 aromatic rings. The molecule has 4 heteroatoms. The second kappa shape index (κ2) is 4.24. The zero-order valence-electron chi connectivity index (χ0n) is 8.28. The van der Waals surface area contributed by atoms with Crippen LogP contribution in [-0.4, -0.2) is 35.2 Å². The van der Waals surface area contributed by atoms with Crippen molar-refractivity contribution in [1.29, 1.82) is 0 Å². The maximum atomic E-state index is 5.69. The SMILES string of the molecule is CN1CCC(c2ccc(Cl)nn2)CC1. The number of piperidine rings is 1. The molecule has 1 aliphatic rings. The molecule has 0 radical (unpaired) electrons. The number of likely N-dealkylation sites (tertiary alicyclic amines) is 1. The fourth-order valence-electron chi connectivity index (χ4n) is 1.85. The summed E-state index contributed by atoms with van der Waals surface area (Å²) in [6.45, 7) is 2.30. The van der Waals surface area contributed by atoms with Crippen molar-refractivity contribution in [2.45, 2.75) is 18.8 Å². The second-order valence-corrected chi connectivity index (χ2v) is 4.25. The molecule has 0 atom stereocenters. The summed E-state index contributed by atoms with van der Waals surface area (Å²) in [6, 6.07) is 3.81. The number of hydrogen-bond donors (Lipinski definition) is 0. The Labute approximate surface area is 89.1 Å². The summed E-state index contributed by atoms with van der Waals surface area (Å²) in [4.78, 5) is 2.35. The van der Waals surface area contributed by atoms with Crippen molar-refractivity contribution in [3.8, 4) is 0 Å². The minimum atomic E-state index is 0.474. The largest absolute Gasteiger partial charge is 0.306 e. The van der Waals surface area contributed by atoms with Crippen molar-refractivity contribution >= 4 is 11.6 Å². The molecule has 0 aromatic carbocycles. The molecule has 2 rings (SSSR count). The second-order valence-electron chi connectivity index (χ2n) is 3.86. The van der Waals surface area contributed by atoms with E-state index < -0.39 is 0 Å². The van der Waals surface area contributed by atoms with Gasteiger partial charge in [-0.05, 0) is 45.1 Å². The third-order valence-corrected chi connectivity index (χ3v) is 2.99. The number of rotatable bonds is 1.